The van der Waals surface area contributed by atoms with E-state index in [1.807, 2.05) is 0 Å². The molecule has 3 rings (SSSR count). The van der Waals surface area contributed by atoms with Crippen molar-refractivity contribution in [2.24, 2.45) is 11.3 Å². The summed E-state index contributed by atoms with van der Waals surface area (Å²) in [4.78, 5) is 24.3. The lowest BCUT2D eigenvalue weighted by Crippen LogP contribution is -2.35. The smallest absolute Gasteiger partial charge is 0.234 e. The Labute approximate surface area is 130 Å². The third-order valence-corrected chi connectivity index (χ3v) is 4.64. The molecule has 21 heavy (non-hydrogen) atoms. The maximum Gasteiger partial charge on any atom is 0.234 e. The molecule has 1 aromatic rings. The van der Waals surface area contributed by atoms with E-state index in [1.165, 1.54) is 18.2 Å². The van der Waals surface area contributed by atoms with E-state index in [0.29, 0.717) is 17.3 Å². The average molecular weight is 350 g/mol. The summed E-state index contributed by atoms with van der Waals surface area (Å²) in [7, 11) is 0. The molecule has 5 heteroatoms. The van der Waals surface area contributed by atoms with Gasteiger partial charge in [-0.1, -0.05) is 34.2 Å². The molecule has 0 aliphatic heterocycles. The van der Waals surface area contributed by atoms with Gasteiger partial charge in [0.1, 0.15) is 5.82 Å². The number of rotatable bonds is 2. The molecule has 1 N–H and O–H groups in total. The molecule has 2 aliphatic carbocycles. The molecule has 108 valence electrons. The van der Waals surface area contributed by atoms with Gasteiger partial charge in [-0.05, 0) is 37.1 Å². The maximum absolute atomic E-state index is 13.8. The van der Waals surface area contributed by atoms with Gasteiger partial charge in [0.15, 0.2) is 5.78 Å². The summed E-state index contributed by atoms with van der Waals surface area (Å²) in [5, 5.41) is 2.62. The Kier molecular flexibility index (Phi) is 3.32. The summed E-state index contributed by atoms with van der Waals surface area (Å²) in [6.07, 6.45) is 3.94. The van der Waals surface area contributed by atoms with Crippen molar-refractivity contribution >= 4 is 33.3 Å². The summed E-state index contributed by atoms with van der Waals surface area (Å²) < 4.78 is 14.4. The maximum atomic E-state index is 13.8. The van der Waals surface area contributed by atoms with Crippen LogP contribution in [0.4, 0.5) is 10.1 Å². The molecule has 2 atom stereocenters. The lowest BCUT2D eigenvalue weighted by molar-refractivity contribution is -0.124. The average Bonchev–Trinajstić information content (AvgIpc) is 2.72. The first-order valence-electron chi connectivity index (χ1n) is 6.58. The molecular formula is C16H13BrFNO2. The molecule has 0 radical (unpaired) electrons. The van der Waals surface area contributed by atoms with Gasteiger partial charge in [0.25, 0.3) is 0 Å². The van der Waals surface area contributed by atoms with E-state index in [1.54, 1.807) is 12.1 Å². The number of allylic oxidation sites excluding steroid dienone is 2. The highest BCUT2D eigenvalue weighted by atomic mass is 79.9. The predicted molar refractivity (Wildman–Crippen MR) is 81.2 cm³/mol. The first-order chi connectivity index (χ1) is 9.91. The van der Waals surface area contributed by atoms with Gasteiger partial charge in [-0.3, -0.25) is 9.59 Å². The molecule has 3 nitrogen and oxygen atoms in total. The largest absolute Gasteiger partial charge is 0.323 e. The van der Waals surface area contributed by atoms with Crippen molar-refractivity contribution in [3.63, 3.8) is 0 Å². The number of carbonyl (C=O) groups is 2. The topological polar surface area (TPSA) is 46.2 Å². The van der Waals surface area contributed by atoms with Crippen LogP contribution >= 0.6 is 15.9 Å². The molecule has 0 saturated heterocycles. The highest BCUT2D eigenvalue weighted by Crippen LogP contribution is 2.49. The molecule has 2 bridgehead atoms. The molecule has 1 aromatic carbocycles. The minimum Gasteiger partial charge on any atom is -0.323 e. The quantitative estimate of drug-likeness (QED) is 0.829. The minimum absolute atomic E-state index is 0.00394. The van der Waals surface area contributed by atoms with Crippen molar-refractivity contribution < 1.29 is 14.0 Å². The summed E-state index contributed by atoms with van der Waals surface area (Å²) in [6, 6.07) is 4.46. The Hall–Kier alpha value is -1.75. The number of carbonyl (C=O) groups excluding carboxylic acids is 2. The van der Waals surface area contributed by atoms with Crippen LogP contribution in [0.15, 0.2) is 47.0 Å². The molecule has 0 heterocycles. The number of benzene rings is 1. The van der Waals surface area contributed by atoms with Crippen molar-refractivity contribution in [3.05, 3.63) is 52.8 Å². The van der Waals surface area contributed by atoms with Crippen LogP contribution in [0.1, 0.15) is 12.8 Å². The van der Waals surface area contributed by atoms with Gasteiger partial charge in [-0.15, -0.1) is 0 Å². The zero-order valence-electron chi connectivity index (χ0n) is 11.2. The second-order valence-corrected chi connectivity index (χ2v) is 6.48. The third-order valence-electron chi connectivity index (χ3n) is 4.15. The molecule has 0 spiro atoms. The van der Waals surface area contributed by atoms with Crippen LogP contribution < -0.4 is 5.32 Å². The molecule has 0 aromatic heterocycles. The van der Waals surface area contributed by atoms with E-state index in [9.17, 15) is 14.0 Å². The van der Waals surface area contributed by atoms with E-state index >= 15 is 0 Å². The SMILES string of the molecule is C=C1C[C@@]2(C(=O)Nc3ccc(Br)cc3F)C=CC(=O)[C@@H]1C2. The fourth-order valence-electron chi connectivity index (χ4n) is 2.98. The number of hydrogen-bond donors (Lipinski definition) is 1. The van der Waals surface area contributed by atoms with Crippen LogP contribution in [0.5, 0.6) is 0 Å². The fraction of sp³-hybridized carbons (Fsp3) is 0.250. The summed E-state index contributed by atoms with van der Waals surface area (Å²) in [5.74, 6) is -1.08. The second kappa shape index (κ2) is 4.91. The summed E-state index contributed by atoms with van der Waals surface area (Å²) in [5.41, 5.74) is 0.128. The van der Waals surface area contributed by atoms with Crippen molar-refractivity contribution in [2.75, 3.05) is 5.32 Å². The standard InChI is InChI=1S/C16H13BrFNO2/c1-9-7-16(5-4-14(20)11(9)8-16)15(21)19-13-3-2-10(17)6-12(13)18/h2-6,11H,1,7-8H2,(H,19,21)/t11-,16+/m1/s1. The molecular weight excluding hydrogens is 337 g/mol. The summed E-state index contributed by atoms with van der Waals surface area (Å²) >= 11 is 3.17. The van der Waals surface area contributed by atoms with Crippen LogP contribution in [0, 0.1) is 17.2 Å². The molecule has 1 fully saturated rings. The van der Waals surface area contributed by atoms with Gasteiger partial charge in [0, 0.05) is 10.4 Å². The fourth-order valence-corrected chi connectivity index (χ4v) is 3.32. The van der Waals surface area contributed by atoms with Crippen LogP contribution in [0.2, 0.25) is 0 Å². The van der Waals surface area contributed by atoms with Gasteiger partial charge < -0.3 is 5.32 Å². The van der Waals surface area contributed by atoms with Gasteiger partial charge in [0.05, 0.1) is 11.1 Å². The third kappa shape index (κ3) is 2.35. The lowest BCUT2D eigenvalue weighted by atomic mass is 9.79. The Morgan fingerprint density at radius 1 is 1.48 bits per heavy atom. The number of ketones is 1. The van der Waals surface area contributed by atoms with E-state index in [2.05, 4.69) is 27.8 Å². The van der Waals surface area contributed by atoms with Crippen molar-refractivity contribution in [2.45, 2.75) is 12.8 Å². The second-order valence-electron chi connectivity index (χ2n) is 5.56. The van der Waals surface area contributed by atoms with E-state index in [4.69, 9.17) is 0 Å². The Morgan fingerprint density at radius 3 is 2.95 bits per heavy atom. The van der Waals surface area contributed by atoms with Gasteiger partial charge in [-0.25, -0.2) is 4.39 Å². The van der Waals surface area contributed by atoms with Gasteiger partial charge in [0.2, 0.25) is 5.91 Å². The van der Waals surface area contributed by atoms with Crippen LogP contribution in [-0.4, -0.2) is 11.7 Å². The van der Waals surface area contributed by atoms with Crippen LogP contribution in [-0.2, 0) is 9.59 Å². The molecule has 1 amide bonds. The number of halogens is 2. The van der Waals surface area contributed by atoms with Crippen LogP contribution in [0.3, 0.4) is 0 Å². The number of fused-ring (bicyclic) bond motifs is 2. The number of anilines is 1. The highest BCUT2D eigenvalue weighted by molar-refractivity contribution is 9.10. The highest BCUT2D eigenvalue weighted by Gasteiger charge is 2.49. The first-order valence-corrected chi connectivity index (χ1v) is 7.38. The monoisotopic (exact) mass is 349 g/mol. The normalized spacial score (nSPS) is 27.0. The molecule has 2 aliphatic rings. The van der Waals surface area contributed by atoms with E-state index in [0.717, 1.165) is 5.57 Å². The van der Waals surface area contributed by atoms with Crippen molar-refractivity contribution in [3.8, 4) is 0 Å². The van der Waals surface area contributed by atoms with Gasteiger partial charge in [-0.2, -0.15) is 0 Å². The number of nitrogens with one attached hydrogen (secondary N) is 1. The Bertz CT molecular complexity index is 698. The predicted octanol–water partition coefficient (Wildman–Crippen LogP) is 3.62. The Morgan fingerprint density at radius 2 is 2.24 bits per heavy atom. The zero-order valence-corrected chi connectivity index (χ0v) is 12.7. The lowest BCUT2D eigenvalue weighted by Gasteiger charge is -2.26. The van der Waals surface area contributed by atoms with Crippen molar-refractivity contribution in [1.82, 2.24) is 0 Å². The zero-order chi connectivity index (χ0) is 15.2. The van der Waals surface area contributed by atoms with Crippen LogP contribution in [0.25, 0.3) is 0 Å². The minimum atomic E-state index is -0.783. The number of hydrogen-bond acceptors (Lipinski definition) is 2. The molecule has 0 unspecified atom stereocenters. The van der Waals surface area contributed by atoms with Gasteiger partial charge >= 0.3 is 0 Å². The Balaban J connectivity index is 1.87. The van der Waals surface area contributed by atoms with E-state index < -0.39 is 11.2 Å². The molecule has 1 saturated carbocycles. The van der Waals surface area contributed by atoms with Crippen molar-refractivity contribution in [1.29, 1.82) is 0 Å². The number of amides is 1. The first kappa shape index (κ1) is 14.2. The summed E-state index contributed by atoms with van der Waals surface area (Å²) in [6.45, 7) is 3.89. The van der Waals surface area contributed by atoms with E-state index in [-0.39, 0.29) is 23.3 Å².